The number of rotatable bonds is 5. The number of ether oxygens (including phenoxy) is 1. The first-order valence-corrected chi connectivity index (χ1v) is 10.4. The van der Waals surface area contributed by atoms with Gasteiger partial charge in [0.2, 0.25) is 5.91 Å². The average molecular weight is 409 g/mol. The summed E-state index contributed by atoms with van der Waals surface area (Å²) < 4.78 is 7.05. The molecule has 1 saturated heterocycles. The Labute approximate surface area is 176 Å². The second kappa shape index (κ2) is 8.30. The zero-order valence-corrected chi connectivity index (χ0v) is 18.1. The minimum Gasteiger partial charge on any atom is -0.497 e. The van der Waals surface area contributed by atoms with E-state index in [2.05, 4.69) is 21.9 Å². The van der Waals surface area contributed by atoms with Gasteiger partial charge in [-0.3, -0.25) is 9.48 Å². The van der Waals surface area contributed by atoms with Gasteiger partial charge in [0, 0.05) is 39.6 Å². The van der Waals surface area contributed by atoms with E-state index >= 15 is 0 Å². The van der Waals surface area contributed by atoms with Gasteiger partial charge < -0.3 is 14.5 Å². The van der Waals surface area contributed by atoms with Crippen LogP contribution in [-0.2, 0) is 24.7 Å². The minimum absolute atomic E-state index is 0.151. The fourth-order valence-electron chi connectivity index (χ4n) is 3.94. The van der Waals surface area contributed by atoms with Crippen LogP contribution in [-0.4, -0.2) is 63.8 Å². The van der Waals surface area contributed by atoms with E-state index in [-0.39, 0.29) is 5.91 Å². The van der Waals surface area contributed by atoms with Crippen molar-refractivity contribution in [1.29, 1.82) is 0 Å². The summed E-state index contributed by atoms with van der Waals surface area (Å²) in [6, 6.07) is 7.67. The third-order valence-electron chi connectivity index (χ3n) is 5.64. The number of methoxy groups -OCH3 is 1. The second-order valence-corrected chi connectivity index (χ2v) is 7.62. The van der Waals surface area contributed by atoms with E-state index in [1.54, 1.807) is 7.11 Å². The van der Waals surface area contributed by atoms with Crippen molar-refractivity contribution in [3.63, 3.8) is 0 Å². The van der Waals surface area contributed by atoms with Crippen molar-refractivity contribution in [2.45, 2.75) is 26.7 Å². The summed E-state index contributed by atoms with van der Waals surface area (Å²) in [5.41, 5.74) is 3.79. The number of aryl methyl sites for hydroxylation is 3. The molecule has 1 aliphatic heterocycles. The molecule has 1 aliphatic rings. The molecule has 8 nitrogen and oxygen atoms in total. The zero-order valence-electron chi connectivity index (χ0n) is 18.1. The van der Waals surface area contributed by atoms with Crippen LogP contribution < -0.4 is 9.64 Å². The Morgan fingerprint density at radius 3 is 2.43 bits per heavy atom. The maximum Gasteiger partial charge on any atom is 0.227 e. The van der Waals surface area contributed by atoms with Crippen molar-refractivity contribution in [3.8, 4) is 5.75 Å². The van der Waals surface area contributed by atoms with Crippen molar-refractivity contribution < 1.29 is 9.53 Å². The highest BCUT2D eigenvalue weighted by Gasteiger charge is 2.25. The number of piperazine rings is 1. The summed E-state index contributed by atoms with van der Waals surface area (Å²) >= 11 is 0. The monoisotopic (exact) mass is 408 g/mol. The van der Waals surface area contributed by atoms with E-state index in [1.807, 2.05) is 47.8 Å². The number of fused-ring (bicyclic) bond motifs is 1. The average Bonchev–Trinajstić information content (AvgIpc) is 3.07. The highest BCUT2D eigenvalue weighted by Crippen LogP contribution is 2.27. The van der Waals surface area contributed by atoms with Gasteiger partial charge in [0.25, 0.3) is 0 Å². The van der Waals surface area contributed by atoms with Crippen molar-refractivity contribution in [2.75, 3.05) is 38.2 Å². The SMILES string of the molecule is CCc1nc(N2CCN(C(=O)Cc3ccc(OC)cc3)CC2)c2c(n1)c(C)nn2C. The van der Waals surface area contributed by atoms with Crippen molar-refractivity contribution in [3.05, 3.63) is 41.3 Å². The van der Waals surface area contributed by atoms with Crippen LogP contribution in [0.5, 0.6) is 5.75 Å². The number of nitrogens with zero attached hydrogens (tertiary/aromatic N) is 6. The molecule has 8 heteroatoms. The van der Waals surface area contributed by atoms with E-state index < -0.39 is 0 Å². The topological polar surface area (TPSA) is 76.4 Å². The lowest BCUT2D eigenvalue weighted by molar-refractivity contribution is -0.130. The van der Waals surface area contributed by atoms with Gasteiger partial charge in [-0.2, -0.15) is 5.10 Å². The number of anilines is 1. The molecule has 0 radical (unpaired) electrons. The molecule has 0 unspecified atom stereocenters. The van der Waals surface area contributed by atoms with Crippen LogP contribution in [0.25, 0.3) is 11.0 Å². The van der Waals surface area contributed by atoms with E-state index in [4.69, 9.17) is 9.72 Å². The van der Waals surface area contributed by atoms with Gasteiger partial charge in [-0.05, 0) is 24.6 Å². The number of hydrogen-bond acceptors (Lipinski definition) is 6. The van der Waals surface area contributed by atoms with Gasteiger partial charge in [-0.25, -0.2) is 9.97 Å². The summed E-state index contributed by atoms with van der Waals surface area (Å²) in [5.74, 6) is 2.69. The molecular formula is C22H28N6O2. The fourth-order valence-corrected chi connectivity index (χ4v) is 3.94. The lowest BCUT2D eigenvalue weighted by atomic mass is 10.1. The van der Waals surface area contributed by atoms with Crippen LogP contribution >= 0.6 is 0 Å². The Kier molecular flexibility index (Phi) is 5.57. The van der Waals surface area contributed by atoms with Gasteiger partial charge in [-0.1, -0.05) is 19.1 Å². The third-order valence-corrected chi connectivity index (χ3v) is 5.64. The van der Waals surface area contributed by atoms with Gasteiger partial charge >= 0.3 is 0 Å². The molecule has 1 aromatic carbocycles. The number of hydrogen-bond donors (Lipinski definition) is 0. The summed E-state index contributed by atoms with van der Waals surface area (Å²) in [6.07, 6.45) is 1.18. The summed E-state index contributed by atoms with van der Waals surface area (Å²) in [4.78, 5) is 26.4. The Balaban J connectivity index is 1.47. The first-order valence-electron chi connectivity index (χ1n) is 10.4. The number of carbonyl (C=O) groups is 1. The largest absolute Gasteiger partial charge is 0.497 e. The number of amides is 1. The molecule has 1 amide bonds. The van der Waals surface area contributed by atoms with Crippen LogP contribution in [0, 0.1) is 6.92 Å². The first kappa shape index (κ1) is 20.1. The third kappa shape index (κ3) is 3.81. The Hall–Kier alpha value is -3.16. The molecule has 0 saturated carbocycles. The quantitative estimate of drug-likeness (QED) is 0.644. The molecule has 3 heterocycles. The van der Waals surface area contributed by atoms with Gasteiger partial charge in [-0.15, -0.1) is 0 Å². The lowest BCUT2D eigenvalue weighted by Gasteiger charge is -2.35. The Morgan fingerprint density at radius 1 is 1.10 bits per heavy atom. The summed E-state index contributed by atoms with van der Waals surface area (Å²) in [6.45, 7) is 6.89. The molecule has 0 spiro atoms. The molecule has 2 aromatic heterocycles. The summed E-state index contributed by atoms with van der Waals surface area (Å²) in [5, 5.41) is 4.54. The molecule has 30 heavy (non-hydrogen) atoms. The van der Waals surface area contributed by atoms with E-state index in [9.17, 15) is 4.79 Å². The van der Waals surface area contributed by atoms with Gasteiger partial charge in [0.05, 0.1) is 19.2 Å². The van der Waals surface area contributed by atoms with Crippen LogP contribution in [0.1, 0.15) is 24.0 Å². The van der Waals surface area contributed by atoms with E-state index in [0.29, 0.717) is 19.5 Å². The number of benzene rings is 1. The molecule has 158 valence electrons. The molecular weight excluding hydrogens is 380 g/mol. The van der Waals surface area contributed by atoms with Gasteiger partial charge in [0.1, 0.15) is 22.6 Å². The Morgan fingerprint density at radius 2 is 1.80 bits per heavy atom. The van der Waals surface area contributed by atoms with Crippen LogP contribution in [0.15, 0.2) is 24.3 Å². The van der Waals surface area contributed by atoms with Crippen LogP contribution in [0.2, 0.25) is 0 Å². The first-order chi connectivity index (χ1) is 14.5. The normalized spacial score (nSPS) is 14.4. The lowest BCUT2D eigenvalue weighted by Crippen LogP contribution is -2.49. The molecule has 0 N–H and O–H groups in total. The maximum atomic E-state index is 12.8. The zero-order chi connectivity index (χ0) is 21.3. The van der Waals surface area contributed by atoms with Crippen molar-refractivity contribution >= 4 is 22.8 Å². The van der Waals surface area contributed by atoms with Crippen molar-refractivity contribution in [1.82, 2.24) is 24.6 Å². The number of carbonyl (C=O) groups excluding carboxylic acids is 1. The van der Waals surface area contributed by atoms with E-state index in [0.717, 1.165) is 59.2 Å². The summed E-state index contributed by atoms with van der Waals surface area (Å²) in [7, 11) is 3.57. The van der Waals surface area contributed by atoms with Crippen molar-refractivity contribution in [2.24, 2.45) is 7.05 Å². The maximum absolute atomic E-state index is 12.8. The molecule has 4 rings (SSSR count). The highest BCUT2D eigenvalue weighted by atomic mass is 16.5. The Bertz CT molecular complexity index is 1050. The van der Waals surface area contributed by atoms with E-state index in [1.165, 1.54) is 0 Å². The molecule has 0 aliphatic carbocycles. The highest BCUT2D eigenvalue weighted by molar-refractivity contribution is 5.88. The smallest absolute Gasteiger partial charge is 0.227 e. The van der Waals surface area contributed by atoms with Crippen LogP contribution in [0.4, 0.5) is 5.82 Å². The molecule has 0 atom stereocenters. The minimum atomic E-state index is 0.151. The van der Waals surface area contributed by atoms with Crippen LogP contribution in [0.3, 0.4) is 0 Å². The predicted octanol–water partition coefficient (Wildman–Crippen LogP) is 2.13. The fraction of sp³-hybridized carbons (Fsp3) is 0.455. The molecule has 0 bridgehead atoms. The second-order valence-electron chi connectivity index (χ2n) is 7.62. The molecule has 1 fully saturated rings. The van der Waals surface area contributed by atoms with Gasteiger partial charge in [0.15, 0.2) is 5.82 Å². The standard InChI is InChI=1S/C22H28N6O2/c1-5-18-23-20-15(2)25-26(3)21(20)22(24-18)28-12-10-27(11-13-28)19(29)14-16-6-8-17(30-4)9-7-16/h6-9H,5,10-14H2,1-4H3. The number of aromatic nitrogens is 4. The molecule has 3 aromatic rings. The predicted molar refractivity (Wildman–Crippen MR) is 116 cm³/mol.